The number of unbranched alkanes of at least 4 members (excludes halogenated alkanes) is 4. The lowest BCUT2D eigenvalue weighted by molar-refractivity contribution is -0.116. The van der Waals surface area contributed by atoms with Crippen LogP contribution in [0.5, 0.6) is 0 Å². The lowest BCUT2D eigenvalue weighted by Crippen LogP contribution is -2.11. The summed E-state index contributed by atoms with van der Waals surface area (Å²) in [6, 6.07) is 5.35. The Hall–Kier alpha value is -0.540. The first-order valence-corrected chi connectivity index (χ1v) is 7.55. The van der Waals surface area contributed by atoms with Gasteiger partial charge in [0.15, 0.2) is 0 Å². The van der Waals surface area contributed by atoms with E-state index in [1.54, 1.807) is 18.2 Å². The highest BCUT2D eigenvalue weighted by atomic mass is 79.9. The molecule has 1 aromatic carbocycles. The molecule has 0 aliphatic heterocycles. The van der Waals surface area contributed by atoms with Crippen LogP contribution >= 0.6 is 27.5 Å². The van der Waals surface area contributed by atoms with Crippen LogP contribution in [0.1, 0.15) is 45.4 Å². The molecule has 1 N–H and O–H groups in total. The molecule has 0 heterocycles. The smallest absolute Gasteiger partial charge is 0.224 e. The van der Waals surface area contributed by atoms with E-state index in [-0.39, 0.29) is 5.91 Å². The molecule has 0 unspecified atom stereocenters. The summed E-state index contributed by atoms with van der Waals surface area (Å²) >= 11 is 9.22. The number of anilines is 1. The van der Waals surface area contributed by atoms with Crippen molar-refractivity contribution in [1.82, 2.24) is 0 Å². The third-order valence-electron chi connectivity index (χ3n) is 2.71. The lowest BCUT2D eigenvalue weighted by Gasteiger charge is -2.07. The molecule has 0 aromatic heterocycles. The van der Waals surface area contributed by atoms with Gasteiger partial charge in [0.05, 0.1) is 5.69 Å². The highest BCUT2D eigenvalue weighted by Crippen LogP contribution is 2.26. The molecule has 18 heavy (non-hydrogen) atoms. The Morgan fingerprint density at radius 3 is 2.67 bits per heavy atom. The molecule has 0 saturated carbocycles. The second-order valence-electron chi connectivity index (χ2n) is 4.34. The normalized spacial score (nSPS) is 10.4. The van der Waals surface area contributed by atoms with Crippen molar-refractivity contribution in [1.29, 1.82) is 0 Å². The number of carbonyl (C=O) groups excluding carboxylic acids is 1. The first-order valence-electron chi connectivity index (χ1n) is 6.38. The minimum Gasteiger partial charge on any atom is -0.325 e. The Balaban J connectivity index is 2.31. The van der Waals surface area contributed by atoms with Crippen molar-refractivity contribution in [2.75, 3.05) is 5.32 Å². The zero-order valence-corrected chi connectivity index (χ0v) is 13.0. The van der Waals surface area contributed by atoms with Crippen molar-refractivity contribution in [2.45, 2.75) is 45.4 Å². The van der Waals surface area contributed by atoms with Crippen molar-refractivity contribution in [2.24, 2.45) is 0 Å². The van der Waals surface area contributed by atoms with Gasteiger partial charge >= 0.3 is 0 Å². The van der Waals surface area contributed by atoms with Gasteiger partial charge in [0.1, 0.15) is 0 Å². The largest absolute Gasteiger partial charge is 0.325 e. The van der Waals surface area contributed by atoms with Crippen LogP contribution in [-0.2, 0) is 4.79 Å². The minimum absolute atomic E-state index is 0.0644. The van der Waals surface area contributed by atoms with Crippen LogP contribution in [0.4, 0.5) is 5.69 Å². The highest BCUT2D eigenvalue weighted by Gasteiger charge is 2.05. The van der Waals surface area contributed by atoms with Crippen LogP contribution in [0.15, 0.2) is 22.7 Å². The number of nitrogens with one attached hydrogen (secondary N) is 1. The lowest BCUT2D eigenvalue weighted by atomic mass is 10.1. The fraction of sp³-hybridized carbons (Fsp3) is 0.500. The Kier molecular flexibility index (Phi) is 7.36. The molecule has 0 fully saturated rings. The average Bonchev–Trinajstić information content (AvgIpc) is 2.32. The molecular weight excluding hydrogens is 314 g/mol. The Bertz CT molecular complexity index is 395. The van der Waals surface area contributed by atoms with E-state index in [0.29, 0.717) is 11.4 Å². The van der Waals surface area contributed by atoms with E-state index in [9.17, 15) is 4.79 Å². The maximum Gasteiger partial charge on any atom is 0.224 e. The number of halogens is 2. The zero-order valence-electron chi connectivity index (χ0n) is 10.6. The molecule has 4 heteroatoms. The fourth-order valence-corrected chi connectivity index (χ4v) is 2.47. The second-order valence-corrected chi connectivity index (χ2v) is 5.63. The quantitative estimate of drug-likeness (QED) is 0.665. The van der Waals surface area contributed by atoms with E-state index in [2.05, 4.69) is 28.2 Å². The van der Waals surface area contributed by atoms with Gasteiger partial charge in [0, 0.05) is 15.9 Å². The van der Waals surface area contributed by atoms with Crippen molar-refractivity contribution in [3.8, 4) is 0 Å². The summed E-state index contributed by atoms with van der Waals surface area (Å²) in [7, 11) is 0. The predicted molar refractivity (Wildman–Crippen MR) is 81.2 cm³/mol. The number of rotatable bonds is 7. The van der Waals surface area contributed by atoms with E-state index in [1.807, 2.05) is 0 Å². The van der Waals surface area contributed by atoms with E-state index in [1.165, 1.54) is 19.3 Å². The van der Waals surface area contributed by atoms with Crippen molar-refractivity contribution in [3.63, 3.8) is 0 Å². The summed E-state index contributed by atoms with van der Waals surface area (Å²) in [4.78, 5) is 11.7. The van der Waals surface area contributed by atoms with E-state index >= 15 is 0 Å². The number of hydrogen-bond donors (Lipinski definition) is 1. The van der Waals surface area contributed by atoms with Gasteiger partial charge in [-0.15, -0.1) is 0 Å². The molecule has 0 aliphatic carbocycles. The number of benzene rings is 1. The highest BCUT2D eigenvalue weighted by molar-refractivity contribution is 9.10. The predicted octanol–water partition coefficient (Wildman–Crippen LogP) is 5.40. The molecule has 0 spiro atoms. The molecule has 2 nitrogen and oxygen atoms in total. The monoisotopic (exact) mass is 331 g/mol. The summed E-state index contributed by atoms with van der Waals surface area (Å²) < 4.78 is 0.814. The van der Waals surface area contributed by atoms with Gasteiger partial charge < -0.3 is 5.32 Å². The minimum atomic E-state index is 0.0644. The van der Waals surface area contributed by atoms with Crippen molar-refractivity contribution < 1.29 is 4.79 Å². The average molecular weight is 333 g/mol. The molecule has 0 aliphatic rings. The zero-order chi connectivity index (χ0) is 13.4. The SMILES string of the molecule is CCCCCCCC(=O)Nc1ccc(Cl)cc1Br. The molecule has 1 rings (SSSR count). The van der Waals surface area contributed by atoms with E-state index < -0.39 is 0 Å². The van der Waals surface area contributed by atoms with Gasteiger partial charge in [-0.25, -0.2) is 0 Å². The second kappa shape index (κ2) is 8.54. The molecule has 0 atom stereocenters. The van der Waals surface area contributed by atoms with Gasteiger partial charge in [-0.2, -0.15) is 0 Å². The molecule has 0 radical (unpaired) electrons. The Labute approximate surface area is 122 Å². The molecular formula is C14H19BrClNO. The summed E-state index contributed by atoms with van der Waals surface area (Å²) in [5.41, 5.74) is 0.776. The molecule has 1 aromatic rings. The number of amides is 1. The van der Waals surface area contributed by atoms with Crippen LogP contribution in [0.3, 0.4) is 0 Å². The van der Waals surface area contributed by atoms with E-state index in [4.69, 9.17) is 11.6 Å². The topological polar surface area (TPSA) is 29.1 Å². The van der Waals surface area contributed by atoms with Crippen LogP contribution in [-0.4, -0.2) is 5.91 Å². The van der Waals surface area contributed by atoms with Gasteiger partial charge in [-0.1, -0.05) is 44.2 Å². The fourth-order valence-electron chi connectivity index (χ4n) is 1.69. The molecule has 0 bridgehead atoms. The van der Waals surface area contributed by atoms with Gasteiger partial charge in [0.25, 0.3) is 0 Å². The third kappa shape index (κ3) is 5.87. The van der Waals surface area contributed by atoms with Crippen LogP contribution in [0.25, 0.3) is 0 Å². The standard InChI is InChI=1S/C14H19BrClNO/c1-2-3-4-5-6-7-14(18)17-13-9-8-11(16)10-12(13)15/h8-10H,2-7H2,1H3,(H,17,18). The van der Waals surface area contributed by atoms with E-state index in [0.717, 1.165) is 23.0 Å². The summed E-state index contributed by atoms with van der Waals surface area (Å²) in [5, 5.41) is 3.54. The van der Waals surface area contributed by atoms with Crippen LogP contribution in [0.2, 0.25) is 5.02 Å². The van der Waals surface area contributed by atoms with Gasteiger partial charge in [-0.3, -0.25) is 4.79 Å². The third-order valence-corrected chi connectivity index (χ3v) is 3.60. The summed E-state index contributed by atoms with van der Waals surface area (Å²) in [5.74, 6) is 0.0644. The molecule has 1 amide bonds. The molecule has 0 saturated heterocycles. The Morgan fingerprint density at radius 2 is 2.00 bits per heavy atom. The summed E-state index contributed by atoms with van der Waals surface area (Å²) in [6.07, 6.45) is 6.36. The van der Waals surface area contributed by atoms with Crippen molar-refractivity contribution in [3.05, 3.63) is 27.7 Å². The van der Waals surface area contributed by atoms with Crippen LogP contribution < -0.4 is 5.32 Å². The van der Waals surface area contributed by atoms with Crippen LogP contribution in [0, 0.1) is 0 Å². The van der Waals surface area contributed by atoms with Crippen molar-refractivity contribution >= 4 is 39.1 Å². The van der Waals surface area contributed by atoms with Gasteiger partial charge in [0.2, 0.25) is 5.91 Å². The first-order chi connectivity index (χ1) is 8.63. The molecule has 100 valence electrons. The van der Waals surface area contributed by atoms with Gasteiger partial charge in [-0.05, 0) is 40.5 Å². The Morgan fingerprint density at radius 1 is 1.28 bits per heavy atom. The maximum atomic E-state index is 11.7. The number of hydrogen-bond acceptors (Lipinski definition) is 1. The maximum absolute atomic E-state index is 11.7. The number of carbonyl (C=O) groups is 1. The summed E-state index contributed by atoms with van der Waals surface area (Å²) in [6.45, 7) is 2.19. The first kappa shape index (κ1) is 15.5.